The third kappa shape index (κ3) is 9.56. The minimum absolute atomic E-state index is 0.00356. The number of amides is 1. The molecule has 0 radical (unpaired) electrons. The molecule has 4 atom stereocenters. The highest BCUT2D eigenvalue weighted by molar-refractivity contribution is 6.34. The summed E-state index contributed by atoms with van der Waals surface area (Å²) in [5.41, 5.74) is 7.83. The van der Waals surface area contributed by atoms with Crippen molar-refractivity contribution in [2.75, 3.05) is 26.2 Å². The molecule has 0 aromatic heterocycles. The van der Waals surface area contributed by atoms with Gasteiger partial charge in [-0.3, -0.25) is 14.6 Å². The summed E-state index contributed by atoms with van der Waals surface area (Å²) in [6, 6.07) is 22.4. The highest BCUT2D eigenvalue weighted by Gasteiger charge is 2.35. The molecule has 2 unspecified atom stereocenters. The summed E-state index contributed by atoms with van der Waals surface area (Å²) in [7, 11) is 0. The van der Waals surface area contributed by atoms with E-state index in [-0.39, 0.29) is 11.6 Å². The third-order valence-corrected chi connectivity index (χ3v) is 9.35. The lowest BCUT2D eigenvalue weighted by Gasteiger charge is -2.28. The Balaban J connectivity index is 0.000000248. The molecule has 5 rings (SSSR count). The number of halogens is 4. The number of nitriles is 2. The predicted octanol–water partition coefficient (Wildman–Crippen LogP) is 7.23. The largest absolute Gasteiger partial charge is 0.417 e. The highest BCUT2D eigenvalue weighted by atomic mass is 35.5. The number of nitrogens with two attached hydrogens (primary N) is 1. The van der Waals surface area contributed by atoms with Crippen molar-refractivity contribution in [2.24, 2.45) is 5.73 Å². The van der Waals surface area contributed by atoms with Crippen molar-refractivity contribution in [1.29, 1.82) is 10.5 Å². The van der Waals surface area contributed by atoms with E-state index < -0.39 is 28.7 Å². The van der Waals surface area contributed by atoms with Gasteiger partial charge in [0.2, 0.25) is 0 Å². The third-order valence-electron chi connectivity index (χ3n) is 8.95. The Labute approximate surface area is 279 Å². The average Bonchev–Trinajstić information content (AvgIpc) is 3.66. The van der Waals surface area contributed by atoms with Crippen LogP contribution in [0.1, 0.15) is 89.8 Å². The van der Waals surface area contributed by atoms with E-state index in [0.717, 1.165) is 50.2 Å². The number of carbonyl (C=O) groups excluding carboxylic acids is 1. The van der Waals surface area contributed by atoms with Gasteiger partial charge in [0.05, 0.1) is 45.5 Å². The first-order chi connectivity index (χ1) is 22.4. The van der Waals surface area contributed by atoms with Crippen molar-refractivity contribution < 1.29 is 18.0 Å². The average molecular weight is 665 g/mol. The lowest BCUT2D eigenvalue weighted by Crippen LogP contribution is -2.39. The maximum absolute atomic E-state index is 13.2. The smallest absolute Gasteiger partial charge is 0.344 e. The van der Waals surface area contributed by atoms with Crippen molar-refractivity contribution in [3.8, 4) is 12.1 Å². The van der Waals surface area contributed by atoms with Gasteiger partial charge in [-0.15, -0.1) is 0 Å². The van der Waals surface area contributed by atoms with Gasteiger partial charge in [-0.2, -0.15) is 23.7 Å². The van der Waals surface area contributed by atoms with Gasteiger partial charge in [0, 0.05) is 31.2 Å². The lowest BCUT2D eigenvalue weighted by atomic mass is 10.0. The van der Waals surface area contributed by atoms with E-state index in [1.807, 2.05) is 24.3 Å². The zero-order valence-electron chi connectivity index (χ0n) is 26.6. The van der Waals surface area contributed by atoms with Crippen LogP contribution in [0.4, 0.5) is 13.2 Å². The molecule has 0 aliphatic carbocycles. The number of carbonyl (C=O) groups is 1. The Kier molecular flexibility index (Phi) is 12.4. The first-order valence-electron chi connectivity index (χ1n) is 15.8. The Morgan fingerprint density at radius 3 is 1.98 bits per heavy atom. The molecule has 3 aromatic rings. The molecule has 0 saturated carbocycles. The second-order valence-electron chi connectivity index (χ2n) is 12.2. The van der Waals surface area contributed by atoms with E-state index in [2.05, 4.69) is 41.1 Å². The molecule has 2 saturated heterocycles. The first kappa shape index (κ1) is 35.9. The monoisotopic (exact) mass is 664 g/mol. The van der Waals surface area contributed by atoms with Crippen LogP contribution in [0.3, 0.4) is 0 Å². The number of hydrogen-bond acceptors (Lipinski definition) is 6. The molecule has 3 aromatic carbocycles. The fourth-order valence-electron chi connectivity index (χ4n) is 6.18. The second kappa shape index (κ2) is 16.3. The van der Waals surface area contributed by atoms with Gasteiger partial charge in [0.1, 0.15) is 0 Å². The minimum atomic E-state index is -4.65. The topological polar surface area (TPSA) is 109 Å². The molecule has 2 aliphatic heterocycles. The van der Waals surface area contributed by atoms with Gasteiger partial charge in [0.25, 0.3) is 5.91 Å². The lowest BCUT2D eigenvalue weighted by molar-refractivity contribution is -0.137. The molecule has 0 bridgehead atoms. The van der Waals surface area contributed by atoms with Crippen molar-refractivity contribution in [2.45, 2.75) is 69.9 Å². The maximum Gasteiger partial charge on any atom is 0.417 e. The van der Waals surface area contributed by atoms with Crippen molar-refractivity contribution in [3.63, 3.8) is 0 Å². The first-order valence-corrected chi connectivity index (χ1v) is 16.2. The quantitative estimate of drug-likeness (QED) is 0.263. The minimum Gasteiger partial charge on any atom is -0.344 e. The van der Waals surface area contributed by atoms with Crippen LogP contribution in [-0.4, -0.2) is 54.0 Å². The van der Waals surface area contributed by atoms with Crippen LogP contribution >= 0.6 is 11.6 Å². The summed E-state index contributed by atoms with van der Waals surface area (Å²) in [4.78, 5) is 17.5. The molecule has 3 N–H and O–H groups in total. The van der Waals surface area contributed by atoms with E-state index >= 15 is 0 Å². The molecule has 2 heterocycles. The Hall–Kier alpha value is -3.93. The fourth-order valence-corrected chi connectivity index (χ4v) is 6.50. The molecule has 2 aliphatic rings. The molecular weight excluding hydrogens is 625 g/mol. The molecule has 1 amide bonds. The summed E-state index contributed by atoms with van der Waals surface area (Å²) in [6.07, 6.45) is -0.0339. The van der Waals surface area contributed by atoms with Crippen LogP contribution in [0.25, 0.3) is 0 Å². The molecular formula is C36H40ClF3N6O. The number of alkyl halides is 3. The summed E-state index contributed by atoms with van der Waals surface area (Å²) < 4.78 is 39.5. The van der Waals surface area contributed by atoms with Crippen LogP contribution in [0.15, 0.2) is 66.7 Å². The summed E-state index contributed by atoms with van der Waals surface area (Å²) in [5, 5.41) is 20.3. The van der Waals surface area contributed by atoms with E-state index in [9.17, 15) is 23.2 Å². The molecule has 0 spiro atoms. The molecule has 248 valence electrons. The molecule has 47 heavy (non-hydrogen) atoms. The Morgan fingerprint density at radius 1 is 0.915 bits per heavy atom. The van der Waals surface area contributed by atoms with Gasteiger partial charge in [-0.05, 0) is 100 Å². The second-order valence-corrected chi connectivity index (χ2v) is 12.6. The summed E-state index contributed by atoms with van der Waals surface area (Å²) in [5.74, 6) is -0.690. The fraction of sp³-hybridized carbons (Fsp3) is 0.417. The molecule has 7 nitrogen and oxygen atoms in total. The van der Waals surface area contributed by atoms with E-state index in [0.29, 0.717) is 35.3 Å². The summed E-state index contributed by atoms with van der Waals surface area (Å²) >= 11 is 5.92. The van der Waals surface area contributed by atoms with Gasteiger partial charge >= 0.3 is 6.18 Å². The normalized spacial score (nSPS) is 19.6. The predicted molar refractivity (Wildman–Crippen MR) is 176 cm³/mol. The van der Waals surface area contributed by atoms with Crippen molar-refractivity contribution in [3.05, 3.63) is 105 Å². The number of benzene rings is 3. The number of nitrogens with one attached hydrogen (secondary N) is 1. The summed E-state index contributed by atoms with van der Waals surface area (Å²) in [6.45, 7) is 7.74. The van der Waals surface area contributed by atoms with Crippen LogP contribution < -0.4 is 11.1 Å². The van der Waals surface area contributed by atoms with Crippen LogP contribution in [0.5, 0.6) is 0 Å². The Morgan fingerprint density at radius 2 is 1.45 bits per heavy atom. The molecule has 11 heteroatoms. The van der Waals surface area contributed by atoms with E-state index in [1.165, 1.54) is 18.9 Å². The molecule has 2 fully saturated rings. The van der Waals surface area contributed by atoms with E-state index in [4.69, 9.17) is 22.6 Å². The van der Waals surface area contributed by atoms with Crippen LogP contribution in [0.2, 0.25) is 5.02 Å². The van der Waals surface area contributed by atoms with Crippen molar-refractivity contribution >= 4 is 17.5 Å². The highest BCUT2D eigenvalue weighted by Crippen LogP contribution is 2.36. The Bertz CT molecular complexity index is 1620. The van der Waals surface area contributed by atoms with Gasteiger partial charge < -0.3 is 11.1 Å². The van der Waals surface area contributed by atoms with E-state index in [1.54, 1.807) is 24.3 Å². The van der Waals surface area contributed by atoms with Crippen molar-refractivity contribution in [1.82, 2.24) is 15.1 Å². The maximum atomic E-state index is 13.2. The standard InChI is InChI=1S/C22H21ClF3N3O.C14H19N3/c1-14-5-4-10-29(14)13-19(16-7-2-6-15(11-16)12-27)28-21(30)17-8-3-9-18(20(17)23)22(24,25)26;1-11-4-3-7-17(11)10-14(16)13-6-2-5-12(8-13)9-15/h2-3,6-9,11,14,19H,4-5,10,13H2,1H3,(H,28,30);2,5-6,8,11,14H,3-4,7,10,16H2,1H3/t14?,19-;11?,14-/m11/s1. The SMILES string of the molecule is CC1CCCN1C[C@@H](N)c1cccc(C#N)c1.CC1CCCN1C[C@@H](NC(=O)c1cccc(C(F)(F)F)c1Cl)c1cccc(C#N)c1. The zero-order chi connectivity index (χ0) is 34.1. The number of hydrogen-bond donors (Lipinski definition) is 2. The van der Waals surface area contributed by atoms with Gasteiger partial charge in [-0.25, -0.2) is 0 Å². The zero-order valence-corrected chi connectivity index (χ0v) is 27.4. The number of rotatable bonds is 8. The van der Waals surface area contributed by atoms with Crippen LogP contribution in [0, 0.1) is 22.7 Å². The van der Waals surface area contributed by atoms with Crippen LogP contribution in [-0.2, 0) is 6.18 Å². The number of likely N-dealkylation sites (tertiary alicyclic amines) is 2. The van der Waals surface area contributed by atoms with Gasteiger partial charge in [-0.1, -0.05) is 41.9 Å². The number of nitrogens with zero attached hydrogens (tertiary/aromatic N) is 4. The van der Waals surface area contributed by atoms with Gasteiger partial charge in [0.15, 0.2) is 0 Å².